The predicted molar refractivity (Wildman–Crippen MR) is 90.8 cm³/mol. The second-order valence-corrected chi connectivity index (χ2v) is 7.40. The van der Waals surface area contributed by atoms with Gasteiger partial charge in [-0.2, -0.15) is 0 Å². The van der Waals surface area contributed by atoms with Crippen molar-refractivity contribution in [2.75, 3.05) is 12.3 Å². The molecule has 0 radical (unpaired) electrons. The van der Waals surface area contributed by atoms with E-state index < -0.39 is 10.0 Å². The normalized spacial score (nSPS) is 11.9. The van der Waals surface area contributed by atoms with Crippen LogP contribution in [0.15, 0.2) is 54.9 Å². The molecule has 3 rings (SSSR count). The fourth-order valence-corrected chi connectivity index (χ4v) is 3.57. The summed E-state index contributed by atoms with van der Waals surface area (Å²) >= 11 is 0. The topological polar surface area (TPSA) is 63.5 Å². The molecule has 1 N–H and O–H groups in total. The number of rotatable bonds is 7. The Hall–Kier alpha value is -2.25. The van der Waals surface area contributed by atoms with E-state index in [0.717, 1.165) is 11.3 Å². The van der Waals surface area contributed by atoms with Gasteiger partial charge in [-0.15, -0.1) is 0 Å². The van der Waals surface area contributed by atoms with Crippen molar-refractivity contribution < 1.29 is 12.8 Å². The Bertz CT molecular complexity index is 938. The average Bonchev–Trinajstić information content (AvgIpc) is 2.97. The van der Waals surface area contributed by atoms with Gasteiger partial charge in [0.25, 0.3) is 0 Å². The van der Waals surface area contributed by atoms with E-state index in [-0.39, 0.29) is 24.5 Å². The van der Waals surface area contributed by atoms with E-state index in [1.165, 1.54) is 6.07 Å². The van der Waals surface area contributed by atoms with Crippen LogP contribution in [0.3, 0.4) is 0 Å². The summed E-state index contributed by atoms with van der Waals surface area (Å²) in [5.74, 6) is 0.273. The van der Waals surface area contributed by atoms with E-state index in [9.17, 15) is 12.8 Å². The number of aryl methyl sites for hydroxylation is 1. The monoisotopic (exact) mass is 347 g/mol. The lowest BCUT2D eigenvalue weighted by Gasteiger charge is -2.07. The Morgan fingerprint density at radius 2 is 1.88 bits per heavy atom. The van der Waals surface area contributed by atoms with Crippen molar-refractivity contribution >= 4 is 15.5 Å². The van der Waals surface area contributed by atoms with Crippen LogP contribution in [0, 0.1) is 5.82 Å². The van der Waals surface area contributed by atoms with Gasteiger partial charge in [-0.3, -0.25) is 0 Å². The van der Waals surface area contributed by atoms with E-state index in [1.54, 1.807) is 24.4 Å². The maximum Gasteiger partial charge on any atom is 0.211 e. The van der Waals surface area contributed by atoms with E-state index in [2.05, 4.69) is 9.71 Å². The zero-order chi connectivity index (χ0) is 17.0. The molecule has 0 aliphatic rings. The third-order valence-corrected chi connectivity index (χ3v) is 5.17. The van der Waals surface area contributed by atoms with Gasteiger partial charge >= 0.3 is 0 Å². The minimum atomic E-state index is -3.46. The second kappa shape index (κ2) is 7.11. The fourth-order valence-electron chi connectivity index (χ4n) is 2.52. The summed E-state index contributed by atoms with van der Waals surface area (Å²) in [4.78, 5) is 4.30. The lowest BCUT2D eigenvalue weighted by atomic mass is 10.2. The summed E-state index contributed by atoms with van der Waals surface area (Å²) in [6.45, 7) is 0.258. The van der Waals surface area contributed by atoms with Crippen LogP contribution in [0.5, 0.6) is 0 Å². The highest BCUT2D eigenvalue weighted by molar-refractivity contribution is 7.89. The molecule has 7 heteroatoms. The molecule has 0 bridgehead atoms. The summed E-state index contributed by atoms with van der Waals surface area (Å²) in [5, 5.41) is 0. The molecule has 2 aromatic heterocycles. The molecule has 126 valence electrons. The Labute approximate surface area is 140 Å². The summed E-state index contributed by atoms with van der Waals surface area (Å²) in [5.41, 5.74) is 1.37. The Morgan fingerprint density at radius 3 is 2.71 bits per heavy atom. The highest BCUT2D eigenvalue weighted by atomic mass is 32.2. The van der Waals surface area contributed by atoms with Crippen LogP contribution in [0.2, 0.25) is 0 Å². The fraction of sp³-hybridized carbons (Fsp3) is 0.235. The number of nitrogens with one attached hydrogen (secondary N) is 1. The third-order valence-electron chi connectivity index (χ3n) is 3.78. The first-order valence-electron chi connectivity index (χ1n) is 7.67. The van der Waals surface area contributed by atoms with Gasteiger partial charge in [0, 0.05) is 19.2 Å². The maximum atomic E-state index is 13.5. The van der Waals surface area contributed by atoms with Gasteiger partial charge in [0.15, 0.2) is 0 Å². The van der Waals surface area contributed by atoms with Crippen LogP contribution in [0.1, 0.15) is 11.4 Å². The highest BCUT2D eigenvalue weighted by Gasteiger charge is 2.12. The molecular weight excluding hydrogens is 329 g/mol. The van der Waals surface area contributed by atoms with Crippen LogP contribution in [0.25, 0.3) is 5.52 Å². The molecule has 0 aliphatic heterocycles. The molecule has 0 aliphatic carbocycles. The van der Waals surface area contributed by atoms with E-state index in [0.29, 0.717) is 12.0 Å². The number of hydrogen-bond donors (Lipinski definition) is 1. The molecule has 0 amide bonds. The number of halogens is 1. The van der Waals surface area contributed by atoms with Crippen molar-refractivity contribution in [2.45, 2.75) is 12.8 Å². The molecule has 0 spiro atoms. The molecule has 0 atom stereocenters. The smallest absolute Gasteiger partial charge is 0.211 e. The largest absolute Gasteiger partial charge is 0.304 e. The number of sulfonamides is 1. The van der Waals surface area contributed by atoms with Crippen LogP contribution in [-0.2, 0) is 22.9 Å². The average molecular weight is 347 g/mol. The first kappa shape index (κ1) is 16.6. The number of pyridine rings is 1. The molecule has 1 aromatic carbocycles. The van der Waals surface area contributed by atoms with Crippen molar-refractivity contribution in [3.05, 3.63) is 72.1 Å². The van der Waals surface area contributed by atoms with Gasteiger partial charge in [0.2, 0.25) is 10.0 Å². The molecule has 2 heterocycles. The Balaban J connectivity index is 1.55. The molecule has 0 unspecified atom stereocenters. The van der Waals surface area contributed by atoms with Gasteiger partial charge in [0.05, 0.1) is 17.5 Å². The SMILES string of the molecule is O=S(=O)(CCc1ccccc1F)NCCc1ncc2ccccn12. The van der Waals surface area contributed by atoms with Crippen LogP contribution in [0.4, 0.5) is 4.39 Å². The van der Waals surface area contributed by atoms with Crippen molar-refractivity contribution in [3.63, 3.8) is 0 Å². The number of nitrogens with zero attached hydrogens (tertiary/aromatic N) is 2. The lowest BCUT2D eigenvalue weighted by molar-refractivity contribution is 0.577. The van der Waals surface area contributed by atoms with Gasteiger partial charge in [-0.1, -0.05) is 24.3 Å². The molecule has 5 nitrogen and oxygen atoms in total. The van der Waals surface area contributed by atoms with Crippen LogP contribution in [-0.4, -0.2) is 30.1 Å². The molecule has 3 aromatic rings. The lowest BCUT2D eigenvalue weighted by Crippen LogP contribution is -2.29. The zero-order valence-corrected chi connectivity index (χ0v) is 13.8. The second-order valence-electron chi connectivity index (χ2n) is 5.47. The van der Waals surface area contributed by atoms with Crippen LogP contribution >= 0.6 is 0 Å². The van der Waals surface area contributed by atoms with E-state index in [4.69, 9.17) is 0 Å². The summed E-state index contributed by atoms with van der Waals surface area (Å²) in [6.07, 6.45) is 4.28. The van der Waals surface area contributed by atoms with Gasteiger partial charge in [-0.25, -0.2) is 22.5 Å². The van der Waals surface area contributed by atoms with Gasteiger partial charge < -0.3 is 4.40 Å². The summed E-state index contributed by atoms with van der Waals surface area (Å²) in [7, 11) is -3.46. The molecular formula is C17H18FN3O2S. The number of benzene rings is 1. The number of imidazole rings is 1. The standard InChI is InChI=1S/C17H18FN3O2S/c18-16-7-2-1-5-14(16)9-12-24(22,23)20-10-8-17-19-13-15-6-3-4-11-21(15)17/h1-7,11,13,20H,8-10,12H2. The number of aromatic nitrogens is 2. The van der Waals surface area contributed by atoms with Crippen LogP contribution < -0.4 is 4.72 Å². The minimum Gasteiger partial charge on any atom is -0.304 e. The quantitative estimate of drug-likeness (QED) is 0.712. The molecule has 24 heavy (non-hydrogen) atoms. The zero-order valence-electron chi connectivity index (χ0n) is 13.0. The van der Waals surface area contributed by atoms with Crippen molar-refractivity contribution in [1.29, 1.82) is 0 Å². The highest BCUT2D eigenvalue weighted by Crippen LogP contribution is 2.09. The Morgan fingerprint density at radius 1 is 1.08 bits per heavy atom. The number of hydrogen-bond acceptors (Lipinski definition) is 3. The number of fused-ring (bicyclic) bond motifs is 1. The Kier molecular flexibility index (Phi) is 4.92. The maximum absolute atomic E-state index is 13.5. The predicted octanol–water partition coefficient (Wildman–Crippen LogP) is 2.18. The summed E-state index contributed by atoms with van der Waals surface area (Å²) in [6, 6.07) is 12.0. The molecule has 0 saturated carbocycles. The van der Waals surface area contributed by atoms with Crippen molar-refractivity contribution in [2.24, 2.45) is 0 Å². The van der Waals surface area contributed by atoms with Crippen molar-refractivity contribution in [3.8, 4) is 0 Å². The van der Waals surface area contributed by atoms with E-state index >= 15 is 0 Å². The van der Waals surface area contributed by atoms with Crippen molar-refractivity contribution in [1.82, 2.24) is 14.1 Å². The molecule has 0 saturated heterocycles. The first-order valence-corrected chi connectivity index (χ1v) is 9.32. The van der Waals surface area contributed by atoms with E-state index in [1.807, 2.05) is 28.8 Å². The van der Waals surface area contributed by atoms with Gasteiger partial charge in [0.1, 0.15) is 11.6 Å². The van der Waals surface area contributed by atoms with Gasteiger partial charge in [-0.05, 0) is 30.2 Å². The third kappa shape index (κ3) is 3.98. The minimum absolute atomic E-state index is 0.143. The first-order chi connectivity index (χ1) is 11.6. The molecule has 0 fully saturated rings. The summed E-state index contributed by atoms with van der Waals surface area (Å²) < 4.78 is 42.1.